The first-order chi connectivity index (χ1) is 6.27. The highest BCUT2D eigenvalue weighted by molar-refractivity contribution is 5.97. The Labute approximate surface area is 76.3 Å². The minimum absolute atomic E-state index is 0.384. The van der Waals surface area contributed by atoms with Crippen LogP contribution >= 0.6 is 0 Å². The van der Waals surface area contributed by atoms with Gasteiger partial charge < -0.3 is 16.0 Å². The van der Waals surface area contributed by atoms with Gasteiger partial charge in [0.05, 0.1) is 6.54 Å². The number of hydrogen-bond donors (Lipinski definition) is 2. The van der Waals surface area contributed by atoms with Crippen LogP contribution in [-0.4, -0.2) is 42.8 Å². The van der Waals surface area contributed by atoms with Crippen molar-refractivity contribution in [3.8, 4) is 0 Å². The SMILES string of the molecule is NC(=O)C1=CCN2CCNCC2=N1. The third-order valence-electron chi connectivity index (χ3n) is 2.21. The molecule has 0 aliphatic carbocycles. The summed E-state index contributed by atoms with van der Waals surface area (Å²) in [6, 6.07) is 0. The molecule has 1 fully saturated rings. The summed E-state index contributed by atoms with van der Waals surface area (Å²) in [5.41, 5.74) is 5.52. The Hall–Kier alpha value is -1.36. The number of nitrogens with zero attached hydrogens (tertiary/aromatic N) is 2. The molecule has 1 saturated heterocycles. The molecule has 2 rings (SSSR count). The van der Waals surface area contributed by atoms with Crippen molar-refractivity contribution in [1.29, 1.82) is 0 Å². The molecule has 2 aliphatic rings. The lowest BCUT2D eigenvalue weighted by Crippen LogP contribution is -2.49. The van der Waals surface area contributed by atoms with E-state index in [1.807, 2.05) is 0 Å². The van der Waals surface area contributed by atoms with Crippen LogP contribution < -0.4 is 11.1 Å². The van der Waals surface area contributed by atoms with Gasteiger partial charge in [0.25, 0.3) is 5.91 Å². The number of rotatable bonds is 1. The predicted molar refractivity (Wildman–Crippen MR) is 49.2 cm³/mol. The van der Waals surface area contributed by atoms with Gasteiger partial charge in [-0.2, -0.15) is 0 Å². The first kappa shape index (κ1) is 8.25. The van der Waals surface area contributed by atoms with Gasteiger partial charge in [0.1, 0.15) is 11.5 Å². The highest BCUT2D eigenvalue weighted by atomic mass is 16.1. The molecular formula is C8H12N4O. The zero-order valence-electron chi connectivity index (χ0n) is 7.29. The second-order valence-electron chi connectivity index (χ2n) is 3.10. The molecule has 70 valence electrons. The summed E-state index contributed by atoms with van der Waals surface area (Å²) >= 11 is 0. The quantitative estimate of drug-likeness (QED) is 0.525. The number of aliphatic imine (C=N–C) groups is 1. The van der Waals surface area contributed by atoms with Gasteiger partial charge in [-0.1, -0.05) is 0 Å². The Morgan fingerprint density at radius 1 is 1.69 bits per heavy atom. The fraction of sp³-hybridized carbons (Fsp3) is 0.500. The molecule has 2 aliphatic heterocycles. The molecule has 13 heavy (non-hydrogen) atoms. The van der Waals surface area contributed by atoms with Gasteiger partial charge in [0, 0.05) is 19.6 Å². The van der Waals surface area contributed by atoms with E-state index in [1.165, 1.54) is 0 Å². The lowest BCUT2D eigenvalue weighted by atomic mass is 10.2. The molecule has 0 radical (unpaired) electrons. The zero-order chi connectivity index (χ0) is 9.26. The van der Waals surface area contributed by atoms with E-state index in [0.29, 0.717) is 5.70 Å². The number of nitrogens with two attached hydrogens (primary N) is 1. The van der Waals surface area contributed by atoms with Crippen molar-refractivity contribution >= 4 is 11.7 Å². The van der Waals surface area contributed by atoms with Crippen LogP contribution in [0, 0.1) is 0 Å². The van der Waals surface area contributed by atoms with Gasteiger partial charge in [-0.05, 0) is 6.08 Å². The molecule has 0 aromatic rings. The second kappa shape index (κ2) is 3.18. The normalized spacial score (nSPS) is 21.7. The van der Waals surface area contributed by atoms with Crippen molar-refractivity contribution in [1.82, 2.24) is 10.2 Å². The Kier molecular flexibility index (Phi) is 2.02. The van der Waals surface area contributed by atoms with Crippen LogP contribution in [0.4, 0.5) is 0 Å². The molecule has 2 heterocycles. The number of amides is 1. The number of primary amides is 1. The van der Waals surface area contributed by atoms with E-state index in [2.05, 4.69) is 15.2 Å². The third kappa shape index (κ3) is 1.55. The maximum Gasteiger partial charge on any atom is 0.267 e. The van der Waals surface area contributed by atoms with Crippen molar-refractivity contribution in [2.75, 3.05) is 26.2 Å². The second-order valence-corrected chi connectivity index (χ2v) is 3.10. The van der Waals surface area contributed by atoms with Crippen molar-refractivity contribution in [3.63, 3.8) is 0 Å². The van der Waals surface area contributed by atoms with Crippen molar-refractivity contribution in [2.24, 2.45) is 10.7 Å². The Morgan fingerprint density at radius 2 is 2.54 bits per heavy atom. The zero-order valence-corrected chi connectivity index (χ0v) is 7.29. The van der Waals surface area contributed by atoms with Gasteiger partial charge in [-0.15, -0.1) is 0 Å². The van der Waals surface area contributed by atoms with Gasteiger partial charge in [0.15, 0.2) is 0 Å². The van der Waals surface area contributed by atoms with Crippen LogP contribution in [0.5, 0.6) is 0 Å². The molecule has 3 N–H and O–H groups in total. The molecule has 0 aromatic carbocycles. The Morgan fingerprint density at radius 3 is 3.31 bits per heavy atom. The van der Waals surface area contributed by atoms with Crippen LogP contribution in [0.1, 0.15) is 0 Å². The Balaban J connectivity index is 2.18. The summed E-state index contributed by atoms with van der Waals surface area (Å²) in [6.07, 6.45) is 1.77. The molecule has 0 unspecified atom stereocenters. The maximum atomic E-state index is 10.8. The topological polar surface area (TPSA) is 70.7 Å². The minimum atomic E-state index is -0.447. The average Bonchev–Trinajstić information content (AvgIpc) is 2.17. The van der Waals surface area contributed by atoms with Crippen LogP contribution in [0.25, 0.3) is 0 Å². The first-order valence-electron chi connectivity index (χ1n) is 4.30. The number of carbonyl (C=O) groups is 1. The summed E-state index contributed by atoms with van der Waals surface area (Å²) in [5.74, 6) is 0.472. The summed E-state index contributed by atoms with van der Waals surface area (Å²) in [5, 5.41) is 3.19. The number of fused-ring (bicyclic) bond motifs is 1. The minimum Gasteiger partial charge on any atom is -0.364 e. The van der Waals surface area contributed by atoms with E-state index in [9.17, 15) is 4.79 Å². The summed E-state index contributed by atoms with van der Waals surface area (Å²) in [4.78, 5) is 17.1. The highest BCUT2D eigenvalue weighted by Crippen LogP contribution is 2.08. The van der Waals surface area contributed by atoms with Crippen molar-refractivity contribution in [2.45, 2.75) is 0 Å². The van der Waals surface area contributed by atoms with Gasteiger partial charge >= 0.3 is 0 Å². The van der Waals surface area contributed by atoms with Crippen LogP contribution in [0.15, 0.2) is 16.8 Å². The van der Waals surface area contributed by atoms with Crippen LogP contribution in [-0.2, 0) is 4.79 Å². The Bertz CT molecular complexity index is 295. The van der Waals surface area contributed by atoms with Crippen molar-refractivity contribution < 1.29 is 4.79 Å². The number of piperazine rings is 1. The number of hydrogen-bond acceptors (Lipinski definition) is 4. The van der Waals surface area contributed by atoms with E-state index in [1.54, 1.807) is 6.08 Å². The fourth-order valence-electron chi connectivity index (χ4n) is 1.50. The lowest BCUT2D eigenvalue weighted by Gasteiger charge is -2.32. The molecule has 5 nitrogen and oxygen atoms in total. The summed E-state index contributed by atoms with van der Waals surface area (Å²) in [7, 11) is 0. The number of carbonyl (C=O) groups excluding carboxylic acids is 1. The molecule has 0 atom stereocenters. The van der Waals surface area contributed by atoms with Crippen molar-refractivity contribution in [3.05, 3.63) is 11.8 Å². The van der Waals surface area contributed by atoms with E-state index in [4.69, 9.17) is 5.73 Å². The predicted octanol–water partition coefficient (Wildman–Crippen LogP) is -1.33. The molecule has 0 bridgehead atoms. The largest absolute Gasteiger partial charge is 0.364 e. The standard InChI is InChI=1S/C8H12N4O/c9-8(13)6-1-3-12-4-2-10-5-7(12)11-6/h1,10H,2-5H2,(H2,9,13). The van der Waals surface area contributed by atoms with Crippen LogP contribution in [0.3, 0.4) is 0 Å². The molecule has 0 aromatic heterocycles. The molecule has 5 heteroatoms. The van der Waals surface area contributed by atoms with Gasteiger partial charge in [0.2, 0.25) is 0 Å². The highest BCUT2D eigenvalue weighted by Gasteiger charge is 2.20. The third-order valence-corrected chi connectivity index (χ3v) is 2.21. The number of nitrogens with one attached hydrogen (secondary N) is 1. The van der Waals surface area contributed by atoms with Gasteiger partial charge in [-0.3, -0.25) is 4.79 Å². The average molecular weight is 180 g/mol. The van der Waals surface area contributed by atoms with E-state index < -0.39 is 5.91 Å². The van der Waals surface area contributed by atoms with Crippen LogP contribution in [0.2, 0.25) is 0 Å². The lowest BCUT2D eigenvalue weighted by molar-refractivity contribution is -0.114. The van der Waals surface area contributed by atoms with E-state index in [0.717, 1.165) is 32.0 Å². The summed E-state index contributed by atoms with van der Waals surface area (Å²) < 4.78 is 0. The molecule has 1 amide bonds. The fourth-order valence-corrected chi connectivity index (χ4v) is 1.50. The van der Waals surface area contributed by atoms with Gasteiger partial charge in [-0.25, -0.2) is 4.99 Å². The molecule has 0 spiro atoms. The van der Waals surface area contributed by atoms with E-state index in [-0.39, 0.29) is 0 Å². The monoisotopic (exact) mass is 180 g/mol. The van der Waals surface area contributed by atoms with E-state index >= 15 is 0 Å². The molecule has 0 saturated carbocycles. The molecular weight excluding hydrogens is 168 g/mol. The first-order valence-corrected chi connectivity index (χ1v) is 4.30. The summed E-state index contributed by atoms with van der Waals surface area (Å²) in [6.45, 7) is 3.39. The maximum absolute atomic E-state index is 10.8. The smallest absolute Gasteiger partial charge is 0.267 e. The number of amidine groups is 1.